The second-order valence-corrected chi connectivity index (χ2v) is 10.2. The second-order valence-electron chi connectivity index (χ2n) is 8.28. The summed E-state index contributed by atoms with van der Waals surface area (Å²) in [5, 5.41) is 0.844. The summed E-state index contributed by atoms with van der Waals surface area (Å²) >= 11 is 0. The van der Waals surface area contributed by atoms with Gasteiger partial charge in [0.1, 0.15) is 13.2 Å². The van der Waals surface area contributed by atoms with Gasteiger partial charge in [0.15, 0.2) is 11.5 Å². The van der Waals surface area contributed by atoms with Gasteiger partial charge in [0.2, 0.25) is 10.0 Å². The van der Waals surface area contributed by atoms with Crippen LogP contribution in [0.1, 0.15) is 16.7 Å². The average molecular weight is 477 g/mol. The van der Waals surface area contributed by atoms with Crippen molar-refractivity contribution in [2.75, 3.05) is 13.2 Å². The molecule has 0 saturated heterocycles. The highest BCUT2D eigenvalue weighted by atomic mass is 32.2. The van der Waals surface area contributed by atoms with Crippen LogP contribution < -0.4 is 15.0 Å². The smallest absolute Gasteiger partial charge is 0.252 e. The number of fused-ring (bicyclic) bond motifs is 2. The summed E-state index contributed by atoms with van der Waals surface area (Å²) < 4.78 is 40.0. The minimum Gasteiger partial charge on any atom is -0.486 e. The number of ether oxygens (including phenoxy) is 2. The summed E-state index contributed by atoms with van der Waals surface area (Å²) in [6.07, 6.45) is 0. The number of aromatic amines is 1. The molecule has 0 aliphatic carbocycles. The molecule has 1 aliphatic rings. The molecule has 0 bridgehead atoms. The molecule has 2 heterocycles. The number of pyridine rings is 1. The fourth-order valence-electron chi connectivity index (χ4n) is 4.01. The topological polar surface area (TPSA) is 88.7 Å². The van der Waals surface area contributed by atoms with E-state index in [0.29, 0.717) is 30.3 Å². The molecule has 1 N–H and O–H groups in total. The molecule has 4 aromatic rings. The molecule has 8 heteroatoms. The van der Waals surface area contributed by atoms with Crippen molar-refractivity contribution in [2.45, 2.75) is 24.9 Å². The lowest BCUT2D eigenvalue weighted by Crippen LogP contribution is -2.32. The van der Waals surface area contributed by atoms with Gasteiger partial charge in [0.05, 0.1) is 4.90 Å². The molecule has 0 amide bonds. The first-order chi connectivity index (χ1) is 16.4. The molecule has 0 unspecified atom stereocenters. The summed E-state index contributed by atoms with van der Waals surface area (Å²) in [6.45, 7) is 2.76. The molecule has 1 aliphatic heterocycles. The predicted octanol–water partition coefficient (Wildman–Crippen LogP) is 4.00. The molecule has 0 atom stereocenters. The van der Waals surface area contributed by atoms with Crippen molar-refractivity contribution in [3.8, 4) is 11.5 Å². The third-order valence-corrected chi connectivity index (χ3v) is 7.57. The molecule has 5 rings (SSSR count). The zero-order valence-electron chi connectivity index (χ0n) is 18.7. The molecule has 7 nitrogen and oxygen atoms in total. The zero-order chi connectivity index (χ0) is 23.7. The van der Waals surface area contributed by atoms with E-state index >= 15 is 0 Å². The molecule has 0 radical (unpaired) electrons. The number of rotatable bonds is 6. The molecule has 174 valence electrons. The number of hydrogen-bond acceptors (Lipinski definition) is 5. The SMILES string of the molecule is Cc1ccc2cc(CN(Cc3ccccc3)S(=O)(=O)c3ccc4c(c3)OCCO4)c(=O)[nH]c2c1. The fraction of sp³-hybridized carbons (Fsp3) is 0.192. The van der Waals surface area contributed by atoms with E-state index in [-0.39, 0.29) is 23.5 Å². The summed E-state index contributed by atoms with van der Waals surface area (Å²) in [5.74, 6) is 0.909. The van der Waals surface area contributed by atoms with Crippen LogP contribution in [0.5, 0.6) is 11.5 Å². The van der Waals surface area contributed by atoms with Gasteiger partial charge < -0.3 is 14.5 Å². The maximum Gasteiger partial charge on any atom is 0.252 e. The fourth-order valence-corrected chi connectivity index (χ4v) is 5.44. The van der Waals surface area contributed by atoms with E-state index < -0.39 is 10.0 Å². The van der Waals surface area contributed by atoms with Gasteiger partial charge in [-0.25, -0.2) is 8.42 Å². The summed E-state index contributed by atoms with van der Waals surface area (Å²) in [5.41, 5.74) is 2.62. The van der Waals surface area contributed by atoms with Crippen molar-refractivity contribution in [1.82, 2.24) is 9.29 Å². The van der Waals surface area contributed by atoms with Crippen LogP contribution in [0.25, 0.3) is 10.9 Å². The van der Waals surface area contributed by atoms with Crippen LogP contribution in [0.2, 0.25) is 0 Å². The molecule has 0 spiro atoms. The van der Waals surface area contributed by atoms with Crippen molar-refractivity contribution in [1.29, 1.82) is 0 Å². The van der Waals surface area contributed by atoms with E-state index in [1.54, 1.807) is 12.1 Å². The Morgan fingerprint density at radius 1 is 0.882 bits per heavy atom. The Kier molecular flexibility index (Phi) is 5.85. The van der Waals surface area contributed by atoms with E-state index in [4.69, 9.17) is 9.47 Å². The Labute approximate surface area is 197 Å². The van der Waals surface area contributed by atoms with E-state index in [0.717, 1.165) is 22.0 Å². The Bertz CT molecular complexity index is 1510. The predicted molar refractivity (Wildman–Crippen MR) is 130 cm³/mol. The van der Waals surface area contributed by atoms with Crippen LogP contribution in [-0.2, 0) is 23.1 Å². The normalized spacial score (nSPS) is 13.4. The zero-order valence-corrected chi connectivity index (χ0v) is 19.5. The highest BCUT2D eigenvalue weighted by molar-refractivity contribution is 7.89. The van der Waals surface area contributed by atoms with Crippen LogP contribution in [0.4, 0.5) is 0 Å². The molecular weight excluding hydrogens is 452 g/mol. The average Bonchev–Trinajstić information content (AvgIpc) is 2.84. The highest BCUT2D eigenvalue weighted by Gasteiger charge is 2.28. The van der Waals surface area contributed by atoms with E-state index in [1.165, 1.54) is 16.4 Å². The van der Waals surface area contributed by atoms with Crippen molar-refractivity contribution < 1.29 is 17.9 Å². The maximum absolute atomic E-state index is 13.8. The van der Waals surface area contributed by atoms with Crippen molar-refractivity contribution >= 4 is 20.9 Å². The lowest BCUT2D eigenvalue weighted by Gasteiger charge is -2.24. The Morgan fingerprint density at radius 2 is 1.65 bits per heavy atom. The van der Waals surface area contributed by atoms with Gasteiger partial charge >= 0.3 is 0 Å². The van der Waals surface area contributed by atoms with E-state index in [2.05, 4.69) is 4.98 Å². The summed E-state index contributed by atoms with van der Waals surface area (Å²) in [6, 6.07) is 21.4. The van der Waals surface area contributed by atoms with Crippen molar-refractivity contribution in [3.63, 3.8) is 0 Å². The molecule has 34 heavy (non-hydrogen) atoms. The first-order valence-electron chi connectivity index (χ1n) is 11.0. The number of H-pyrrole nitrogens is 1. The van der Waals surface area contributed by atoms with E-state index in [9.17, 15) is 13.2 Å². The third kappa shape index (κ3) is 4.42. The molecular formula is C26H24N2O5S. The minimum atomic E-state index is -3.96. The number of aromatic nitrogens is 1. The Hall–Kier alpha value is -3.62. The van der Waals surface area contributed by atoms with Gasteiger partial charge in [-0.1, -0.05) is 42.5 Å². The van der Waals surface area contributed by atoms with Gasteiger partial charge in [-0.15, -0.1) is 0 Å². The number of nitrogens with one attached hydrogen (secondary N) is 1. The maximum atomic E-state index is 13.8. The van der Waals surface area contributed by atoms with Crippen molar-refractivity contribution in [2.24, 2.45) is 0 Å². The number of sulfonamides is 1. The lowest BCUT2D eigenvalue weighted by atomic mass is 10.1. The first kappa shape index (κ1) is 22.2. The Balaban J connectivity index is 1.56. The van der Waals surface area contributed by atoms with Gasteiger partial charge in [-0.3, -0.25) is 4.79 Å². The molecule has 0 fully saturated rings. The largest absolute Gasteiger partial charge is 0.486 e. The van der Waals surface area contributed by atoms with Crippen LogP contribution in [-0.4, -0.2) is 30.9 Å². The standard InChI is InChI=1S/C26H24N2O5S/c1-18-7-8-20-14-21(26(29)27-23(20)13-18)17-28(16-19-5-3-2-4-6-19)34(30,31)22-9-10-24-25(15-22)33-12-11-32-24/h2-10,13-15H,11-12,16-17H2,1H3,(H,27,29). The van der Waals surface area contributed by atoms with Gasteiger partial charge in [-0.2, -0.15) is 4.31 Å². The number of hydrogen-bond donors (Lipinski definition) is 1. The first-order valence-corrected chi connectivity index (χ1v) is 12.4. The van der Waals surface area contributed by atoms with Gasteiger partial charge in [0.25, 0.3) is 5.56 Å². The quantitative estimate of drug-likeness (QED) is 0.454. The molecule has 3 aromatic carbocycles. The second kappa shape index (κ2) is 8.96. The number of nitrogens with zero attached hydrogens (tertiary/aromatic N) is 1. The monoisotopic (exact) mass is 476 g/mol. The third-order valence-electron chi connectivity index (χ3n) is 5.78. The van der Waals surface area contributed by atoms with Gasteiger partial charge in [-0.05, 0) is 47.7 Å². The highest BCUT2D eigenvalue weighted by Crippen LogP contribution is 2.33. The van der Waals surface area contributed by atoms with Crippen LogP contribution in [0.3, 0.4) is 0 Å². The number of benzene rings is 3. The Morgan fingerprint density at radius 3 is 2.44 bits per heavy atom. The number of aryl methyl sites for hydroxylation is 1. The van der Waals surface area contributed by atoms with Crippen LogP contribution in [0.15, 0.2) is 82.5 Å². The summed E-state index contributed by atoms with van der Waals surface area (Å²) in [7, 11) is -3.96. The molecule has 1 aromatic heterocycles. The van der Waals surface area contributed by atoms with E-state index in [1.807, 2.05) is 55.5 Å². The van der Waals surface area contributed by atoms with Gasteiger partial charge in [0, 0.05) is 30.2 Å². The van der Waals surface area contributed by atoms with Crippen LogP contribution in [0, 0.1) is 6.92 Å². The minimum absolute atomic E-state index is 0.0786. The van der Waals surface area contributed by atoms with Crippen molar-refractivity contribution in [3.05, 3.63) is 99.8 Å². The molecule has 0 saturated carbocycles. The summed E-state index contributed by atoms with van der Waals surface area (Å²) in [4.78, 5) is 15.8. The van der Waals surface area contributed by atoms with Crippen LogP contribution >= 0.6 is 0 Å². The lowest BCUT2D eigenvalue weighted by molar-refractivity contribution is 0.171.